The fourth-order valence-electron chi connectivity index (χ4n) is 3.02. The lowest BCUT2D eigenvalue weighted by molar-refractivity contribution is 0.133. The predicted molar refractivity (Wildman–Crippen MR) is 90.8 cm³/mol. The molecule has 126 valence electrons. The summed E-state index contributed by atoms with van der Waals surface area (Å²) in [5, 5.41) is 3.64. The highest BCUT2D eigenvalue weighted by molar-refractivity contribution is 5.77. The van der Waals surface area contributed by atoms with Gasteiger partial charge in [-0.3, -0.25) is 9.69 Å². The molecule has 0 unspecified atom stereocenters. The lowest BCUT2D eigenvalue weighted by atomic mass is 10.2. The fourth-order valence-corrected chi connectivity index (χ4v) is 3.02. The highest BCUT2D eigenvalue weighted by Gasteiger charge is 2.27. The van der Waals surface area contributed by atoms with Crippen LogP contribution in [0, 0.1) is 0 Å². The number of nitrogens with one attached hydrogen (secondary N) is 2. The molecule has 24 heavy (non-hydrogen) atoms. The van der Waals surface area contributed by atoms with Gasteiger partial charge in [0.1, 0.15) is 5.82 Å². The highest BCUT2D eigenvalue weighted by atomic mass is 16.2. The van der Waals surface area contributed by atoms with Crippen LogP contribution in [0.25, 0.3) is 10.9 Å². The molecule has 0 spiro atoms. The Kier molecular flexibility index (Phi) is 3.93. The third-order valence-electron chi connectivity index (χ3n) is 4.60. The number of hydrogen-bond acceptors (Lipinski definition) is 4. The summed E-state index contributed by atoms with van der Waals surface area (Å²) in [5.41, 5.74) is 0.622. The van der Waals surface area contributed by atoms with Crippen molar-refractivity contribution in [3.63, 3.8) is 0 Å². The standard InChI is InChI=1S/C17H21N5O2/c23-16-13-3-1-2-4-14(13)19-15(20-16)11-21-7-9-22(10-8-21)17(24)18-12-5-6-12/h1-4,12H,5-11H2,(H,18,24)(H,19,20,23). The zero-order chi connectivity index (χ0) is 16.5. The summed E-state index contributed by atoms with van der Waals surface area (Å²) in [6, 6.07) is 7.80. The van der Waals surface area contributed by atoms with Crippen molar-refractivity contribution >= 4 is 16.9 Å². The number of benzene rings is 1. The molecule has 4 rings (SSSR count). The van der Waals surface area contributed by atoms with Crippen LogP contribution >= 0.6 is 0 Å². The summed E-state index contributed by atoms with van der Waals surface area (Å²) < 4.78 is 0. The van der Waals surface area contributed by atoms with Crippen LogP contribution in [-0.4, -0.2) is 58.0 Å². The molecule has 2 aliphatic rings. The molecule has 1 aliphatic carbocycles. The molecule has 2 heterocycles. The maximum atomic E-state index is 12.1. The maximum absolute atomic E-state index is 12.1. The second-order valence-electron chi connectivity index (χ2n) is 6.52. The van der Waals surface area contributed by atoms with Gasteiger partial charge < -0.3 is 15.2 Å². The van der Waals surface area contributed by atoms with Crippen LogP contribution in [0.5, 0.6) is 0 Å². The number of fused-ring (bicyclic) bond motifs is 1. The van der Waals surface area contributed by atoms with Gasteiger partial charge in [0.05, 0.1) is 17.4 Å². The maximum Gasteiger partial charge on any atom is 0.317 e. The molecule has 2 fully saturated rings. The number of H-pyrrole nitrogens is 1. The number of aromatic amines is 1. The predicted octanol–water partition coefficient (Wildman–Crippen LogP) is 0.913. The smallest absolute Gasteiger partial charge is 0.317 e. The second kappa shape index (κ2) is 6.24. The summed E-state index contributed by atoms with van der Waals surface area (Å²) in [5.74, 6) is 0.676. The van der Waals surface area contributed by atoms with Gasteiger partial charge in [-0.25, -0.2) is 9.78 Å². The number of rotatable bonds is 3. The lowest BCUT2D eigenvalue weighted by Gasteiger charge is -2.34. The van der Waals surface area contributed by atoms with Crippen molar-refractivity contribution in [2.24, 2.45) is 0 Å². The van der Waals surface area contributed by atoms with E-state index in [2.05, 4.69) is 20.2 Å². The highest BCUT2D eigenvalue weighted by Crippen LogP contribution is 2.19. The Hall–Kier alpha value is -2.41. The van der Waals surface area contributed by atoms with Gasteiger partial charge in [-0.2, -0.15) is 0 Å². The Bertz CT molecular complexity index is 806. The van der Waals surface area contributed by atoms with Gasteiger partial charge in [0.25, 0.3) is 5.56 Å². The van der Waals surface area contributed by atoms with Crippen molar-refractivity contribution in [2.75, 3.05) is 26.2 Å². The van der Waals surface area contributed by atoms with E-state index in [4.69, 9.17) is 0 Å². The molecule has 0 atom stereocenters. The van der Waals surface area contributed by atoms with E-state index >= 15 is 0 Å². The number of para-hydroxylation sites is 1. The quantitative estimate of drug-likeness (QED) is 0.878. The molecule has 0 bridgehead atoms. The molecule has 1 aliphatic heterocycles. The first-order valence-corrected chi connectivity index (χ1v) is 8.45. The first-order valence-electron chi connectivity index (χ1n) is 8.45. The molecule has 1 saturated heterocycles. The van der Waals surface area contributed by atoms with Crippen LogP contribution in [0.1, 0.15) is 18.7 Å². The molecule has 2 amide bonds. The molecule has 7 nitrogen and oxygen atoms in total. The minimum atomic E-state index is -0.0990. The number of amides is 2. The van der Waals surface area contributed by atoms with Crippen molar-refractivity contribution in [3.8, 4) is 0 Å². The van der Waals surface area contributed by atoms with Crippen LogP contribution < -0.4 is 10.9 Å². The number of urea groups is 1. The average Bonchev–Trinajstić information content (AvgIpc) is 3.39. The first kappa shape index (κ1) is 15.1. The Morgan fingerprint density at radius 2 is 1.96 bits per heavy atom. The minimum absolute atomic E-state index is 0.0504. The van der Waals surface area contributed by atoms with E-state index in [0.717, 1.165) is 31.4 Å². The van der Waals surface area contributed by atoms with Crippen LogP contribution in [-0.2, 0) is 6.54 Å². The summed E-state index contributed by atoms with van der Waals surface area (Å²) in [7, 11) is 0. The third kappa shape index (κ3) is 3.26. The number of carbonyl (C=O) groups is 1. The Morgan fingerprint density at radius 3 is 2.71 bits per heavy atom. The van der Waals surface area contributed by atoms with Gasteiger partial charge in [-0.15, -0.1) is 0 Å². The van der Waals surface area contributed by atoms with Crippen LogP contribution in [0.2, 0.25) is 0 Å². The first-order chi connectivity index (χ1) is 11.7. The minimum Gasteiger partial charge on any atom is -0.335 e. The van der Waals surface area contributed by atoms with Crippen molar-refractivity contribution in [1.82, 2.24) is 25.1 Å². The van der Waals surface area contributed by atoms with Gasteiger partial charge in [0.2, 0.25) is 0 Å². The molecule has 0 radical (unpaired) electrons. The van der Waals surface area contributed by atoms with Crippen LogP contribution in [0.3, 0.4) is 0 Å². The van der Waals surface area contributed by atoms with Crippen molar-refractivity contribution in [3.05, 3.63) is 40.4 Å². The molecule has 2 aromatic rings. The zero-order valence-corrected chi connectivity index (χ0v) is 13.5. The fraction of sp³-hybridized carbons (Fsp3) is 0.471. The van der Waals surface area contributed by atoms with E-state index in [-0.39, 0.29) is 11.6 Å². The number of aromatic nitrogens is 2. The molecule has 7 heteroatoms. The normalized spacial score (nSPS) is 18.8. The van der Waals surface area contributed by atoms with Gasteiger partial charge in [0.15, 0.2) is 0 Å². The van der Waals surface area contributed by atoms with E-state index < -0.39 is 0 Å². The molecule has 2 N–H and O–H groups in total. The summed E-state index contributed by atoms with van der Waals surface area (Å²) in [4.78, 5) is 35.6. The van der Waals surface area contributed by atoms with E-state index in [9.17, 15) is 9.59 Å². The monoisotopic (exact) mass is 327 g/mol. The van der Waals surface area contributed by atoms with E-state index in [1.807, 2.05) is 23.1 Å². The van der Waals surface area contributed by atoms with E-state index in [1.165, 1.54) is 0 Å². The van der Waals surface area contributed by atoms with Gasteiger partial charge >= 0.3 is 6.03 Å². The van der Waals surface area contributed by atoms with Crippen molar-refractivity contribution in [2.45, 2.75) is 25.4 Å². The number of carbonyl (C=O) groups excluding carboxylic acids is 1. The Morgan fingerprint density at radius 1 is 1.21 bits per heavy atom. The Balaban J connectivity index is 1.38. The van der Waals surface area contributed by atoms with Gasteiger partial charge in [0, 0.05) is 32.2 Å². The number of hydrogen-bond donors (Lipinski definition) is 2. The molecule has 1 saturated carbocycles. The average molecular weight is 327 g/mol. The van der Waals surface area contributed by atoms with E-state index in [0.29, 0.717) is 36.9 Å². The Labute approximate surface area is 139 Å². The van der Waals surface area contributed by atoms with Gasteiger partial charge in [-0.1, -0.05) is 12.1 Å². The van der Waals surface area contributed by atoms with Crippen LogP contribution in [0.15, 0.2) is 29.1 Å². The summed E-state index contributed by atoms with van der Waals surface area (Å²) in [6.45, 7) is 3.58. The summed E-state index contributed by atoms with van der Waals surface area (Å²) >= 11 is 0. The SMILES string of the molecule is O=C(NC1CC1)N1CCN(Cc2nc3ccccc3c(=O)[nH]2)CC1. The van der Waals surface area contributed by atoms with E-state index in [1.54, 1.807) is 6.07 Å². The largest absolute Gasteiger partial charge is 0.335 e. The molecular weight excluding hydrogens is 306 g/mol. The second-order valence-corrected chi connectivity index (χ2v) is 6.52. The van der Waals surface area contributed by atoms with Crippen molar-refractivity contribution in [1.29, 1.82) is 0 Å². The topological polar surface area (TPSA) is 81.3 Å². The number of piperazine rings is 1. The molecule has 1 aromatic heterocycles. The lowest BCUT2D eigenvalue weighted by Crippen LogP contribution is -2.52. The van der Waals surface area contributed by atoms with Crippen LogP contribution in [0.4, 0.5) is 4.79 Å². The summed E-state index contributed by atoms with van der Waals surface area (Å²) in [6.07, 6.45) is 2.21. The zero-order valence-electron chi connectivity index (χ0n) is 13.5. The molecule has 1 aromatic carbocycles. The molecular formula is C17H21N5O2. The van der Waals surface area contributed by atoms with Gasteiger partial charge in [-0.05, 0) is 25.0 Å². The number of nitrogens with zero attached hydrogens (tertiary/aromatic N) is 3. The third-order valence-corrected chi connectivity index (χ3v) is 4.60. The van der Waals surface area contributed by atoms with Crippen molar-refractivity contribution < 1.29 is 4.79 Å².